The number of fused-ring (bicyclic) bond motifs is 3. The van der Waals surface area contributed by atoms with Crippen molar-refractivity contribution in [3.8, 4) is 0 Å². The van der Waals surface area contributed by atoms with Crippen LogP contribution in [0, 0.1) is 17.3 Å². The van der Waals surface area contributed by atoms with E-state index in [2.05, 4.69) is 41.7 Å². The summed E-state index contributed by atoms with van der Waals surface area (Å²) < 4.78 is 2.00. The lowest BCUT2D eigenvalue weighted by Crippen LogP contribution is -2.66. The minimum absolute atomic E-state index is 0. The van der Waals surface area contributed by atoms with Crippen molar-refractivity contribution < 1.29 is 0 Å². The number of hydrogen-bond acceptors (Lipinski definition) is 3. The van der Waals surface area contributed by atoms with E-state index in [1.165, 1.54) is 25.9 Å². The number of piperidine rings is 3. The van der Waals surface area contributed by atoms with Gasteiger partial charge in [0.05, 0.1) is 11.0 Å². The Morgan fingerprint density at radius 1 is 1.13 bits per heavy atom. The van der Waals surface area contributed by atoms with Crippen molar-refractivity contribution in [1.29, 1.82) is 0 Å². The molecule has 3 atom stereocenters. The average molecular weight is 455 g/mol. The number of likely N-dealkylation sites (tertiary alicyclic amines) is 1. The van der Waals surface area contributed by atoms with E-state index in [0.717, 1.165) is 54.8 Å². The van der Waals surface area contributed by atoms with Gasteiger partial charge in [-0.3, -0.25) is 4.57 Å². The normalized spacial score (nSPS) is 29.1. The topological polar surface area (TPSA) is 44.3 Å². The molecule has 1 saturated carbocycles. The highest BCUT2D eigenvalue weighted by atomic mass is 35.5. The molecule has 1 N–H and O–H groups in total. The van der Waals surface area contributed by atoms with Crippen LogP contribution < -0.4 is 5.69 Å². The van der Waals surface area contributed by atoms with E-state index in [-0.39, 0.29) is 30.5 Å². The largest absolute Gasteiger partial charge is 0.326 e. The Hall–Kier alpha value is -1.01. The summed E-state index contributed by atoms with van der Waals surface area (Å²) in [6.07, 6.45) is 4.87. The summed E-state index contributed by atoms with van der Waals surface area (Å²) in [7, 11) is 2.32. The van der Waals surface area contributed by atoms with E-state index in [1.54, 1.807) is 0 Å². The van der Waals surface area contributed by atoms with E-state index in [0.29, 0.717) is 11.5 Å². The number of hydrogen-bond donors (Lipinski definition) is 1. The van der Waals surface area contributed by atoms with Gasteiger partial charge in [-0.15, -0.1) is 24.8 Å². The molecule has 0 spiro atoms. The first-order valence-corrected chi connectivity index (χ1v) is 11.1. The highest BCUT2D eigenvalue weighted by Gasteiger charge is 2.56. The Bertz CT molecular complexity index is 915. The molecular weight excluding hydrogens is 419 g/mol. The fourth-order valence-corrected chi connectivity index (χ4v) is 6.59. The molecule has 4 heterocycles. The van der Waals surface area contributed by atoms with Gasteiger partial charge >= 0.3 is 5.69 Å². The first-order chi connectivity index (χ1) is 13.4. The molecule has 4 fully saturated rings. The number of benzene rings is 1. The van der Waals surface area contributed by atoms with Gasteiger partial charge in [-0.1, -0.05) is 26.0 Å². The zero-order valence-electron chi connectivity index (χ0n) is 18.3. The minimum atomic E-state index is 0. The molecule has 5 nitrogen and oxygen atoms in total. The summed E-state index contributed by atoms with van der Waals surface area (Å²) in [4.78, 5) is 20.7. The number of halogens is 2. The molecule has 30 heavy (non-hydrogen) atoms. The SMILES string of the molecule is CN1CC(CCN2CCC(n3c(=O)[nH]c4ccccc43)CC2)C2C[C@@H]1C2(C)C.Cl.Cl. The summed E-state index contributed by atoms with van der Waals surface area (Å²) in [5, 5.41) is 0. The van der Waals surface area contributed by atoms with Crippen LogP contribution in [0.3, 0.4) is 0 Å². The standard InChI is InChI=1S/C23H34N4O.2ClH/c1-23(2)18-14-21(23)25(3)15-16(18)8-11-26-12-9-17(10-13-26)27-20-7-5-4-6-19(20)24-22(27)28;;/h4-7,16-18,21H,8-15H2,1-3H3,(H,24,28);2*1H/t16?,18?,21-;;/m1../s1. The van der Waals surface area contributed by atoms with Gasteiger partial charge in [0.1, 0.15) is 0 Å². The summed E-state index contributed by atoms with van der Waals surface area (Å²) >= 11 is 0. The number of aromatic amines is 1. The van der Waals surface area contributed by atoms with E-state index < -0.39 is 0 Å². The Morgan fingerprint density at radius 3 is 2.50 bits per heavy atom. The van der Waals surface area contributed by atoms with Gasteiger partial charge in [0, 0.05) is 31.7 Å². The van der Waals surface area contributed by atoms with Gasteiger partial charge in [0.25, 0.3) is 0 Å². The number of nitrogens with one attached hydrogen (secondary N) is 1. The number of nitrogens with zero attached hydrogens (tertiary/aromatic N) is 3. The zero-order chi connectivity index (χ0) is 19.5. The van der Waals surface area contributed by atoms with Crippen molar-refractivity contribution in [1.82, 2.24) is 19.4 Å². The third kappa shape index (κ3) is 3.83. The van der Waals surface area contributed by atoms with Crippen LogP contribution in [-0.2, 0) is 0 Å². The average Bonchev–Trinajstić information content (AvgIpc) is 3.01. The molecule has 168 valence electrons. The van der Waals surface area contributed by atoms with Gasteiger partial charge in [-0.25, -0.2) is 4.79 Å². The van der Waals surface area contributed by atoms with Crippen LogP contribution in [0.5, 0.6) is 0 Å². The molecule has 6 rings (SSSR count). The van der Waals surface area contributed by atoms with Crippen LogP contribution in [0.2, 0.25) is 0 Å². The lowest BCUT2D eigenvalue weighted by molar-refractivity contribution is -0.141. The van der Waals surface area contributed by atoms with Gasteiger partial charge in [0.15, 0.2) is 0 Å². The van der Waals surface area contributed by atoms with E-state index in [9.17, 15) is 4.79 Å². The van der Waals surface area contributed by atoms with E-state index in [1.807, 2.05) is 22.8 Å². The Balaban J connectivity index is 0.00000128. The van der Waals surface area contributed by atoms with Crippen LogP contribution in [0.1, 0.15) is 45.6 Å². The highest BCUT2D eigenvalue weighted by molar-refractivity contribution is 5.85. The quantitative estimate of drug-likeness (QED) is 0.753. The van der Waals surface area contributed by atoms with Gasteiger partial charge < -0.3 is 14.8 Å². The van der Waals surface area contributed by atoms with Crippen molar-refractivity contribution in [2.75, 3.05) is 33.2 Å². The van der Waals surface area contributed by atoms with E-state index >= 15 is 0 Å². The lowest BCUT2D eigenvalue weighted by atomic mass is 9.51. The third-order valence-corrected chi connectivity index (χ3v) is 8.28. The molecule has 7 heteroatoms. The molecule has 2 unspecified atom stereocenters. The fraction of sp³-hybridized carbons (Fsp3) is 0.696. The van der Waals surface area contributed by atoms with Crippen molar-refractivity contribution in [3.05, 3.63) is 34.7 Å². The molecule has 0 radical (unpaired) electrons. The molecule has 0 amide bonds. The first kappa shape index (κ1) is 23.6. The fourth-order valence-electron chi connectivity index (χ4n) is 6.59. The summed E-state index contributed by atoms with van der Waals surface area (Å²) in [5.41, 5.74) is 2.56. The van der Waals surface area contributed by atoms with Gasteiger partial charge in [-0.2, -0.15) is 0 Å². The predicted molar refractivity (Wildman–Crippen MR) is 128 cm³/mol. The molecule has 1 aromatic heterocycles. The van der Waals surface area contributed by atoms with Crippen LogP contribution in [0.25, 0.3) is 11.0 Å². The molecule has 1 aliphatic carbocycles. The second-order valence-corrected chi connectivity index (χ2v) is 10.1. The number of imidazole rings is 1. The summed E-state index contributed by atoms with van der Waals surface area (Å²) in [6.45, 7) is 9.65. The monoisotopic (exact) mass is 454 g/mol. The number of rotatable bonds is 4. The molecule has 3 aliphatic heterocycles. The number of aromatic nitrogens is 2. The Morgan fingerprint density at radius 2 is 1.83 bits per heavy atom. The summed E-state index contributed by atoms with van der Waals surface area (Å²) in [5.74, 6) is 1.76. The number of H-pyrrole nitrogens is 1. The van der Waals surface area contributed by atoms with Gasteiger partial charge in [0.2, 0.25) is 0 Å². The second-order valence-electron chi connectivity index (χ2n) is 10.1. The second kappa shape index (κ2) is 8.85. The van der Waals surface area contributed by atoms with Gasteiger partial charge in [-0.05, 0) is 68.7 Å². The van der Waals surface area contributed by atoms with Crippen molar-refractivity contribution in [3.63, 3.8) is 0 Å². The van der Waals surface area contributed by atoms with Crippen LogP contribution >= 0.6 is 24.8 Å². The molecule has 1 aromatic carbocycles. The maximum Gasteiger partial charge on any atom is 0.326 e. The number of para-hydroxylation sites is 2. The maximum absolute atomic E-state index is 12.5. The smallest absolute Gasteiger partial charge is 0.306 e. The Labute approximate surface area is 192 Å². The van der Waals surface area contributed by atoms with Crippen molar-refractivity contribution in [2.45, 2.75) is 51.6 Å². The molecule has 4 aliphatic rings. The lowest BCUT2D eigenvalue weighted by Gasteiger charge is -2.64. The zero-order valence-corrected chi connectivity index (χ0v) is 20.0. The van der Waals surface area contributed by atoms with Crippen LogP contribution in [0.15, 0.2) is 29.1 Å². The maximum atomic E-state index is 12.5. The van der Waals surface area contributed by atoms with E-state index in [4.69, 9.17) is 0 Å². The molecule has 3 saturated heterocycles. The summed E-state index contributed by atoms with van der Waals surface area (Å²) in [6, 6.07) is 9.20. The molecular formula is C23H36Cl2N4O. The van der Waals surface area contributed by atoms with Crippen molar-refractivity contribution in [2.24, 2.45) is 17.3 Å². The molecule has 2 bridgehead atoms. The van der Waals surface area contributed by atoms with Crippen molar-refractivity contribution >= 4 is 35.8 Å². The predicted octanol–water partition coefficient (Wildman–Crippen LogP) is 4.18. The third-order valence-electron chi connectivity index (χ3n) is 8.28. The molecule has 2 aromatic rings. The minimum Gasteiger partial charge on any atom is -0.306 e. The first-order valence-electron chi connectivity index (χ1n) is 11.1. The Kier molecular flexibility index (Phi) is 6.98. The highest BCUT2D eigenvalue weighted by Crippen LogP contribution is 2.56. The van der Waals surface area contributed by atoms with Crippen LogP contribution in [0.4, 0.5) is 0 Å². The van der Waals surface area contributed by atoms with Crippen LogP contribution in [-0.4, -0.2) is 58.6 Å².